The van der Waals surface area contributed by atoms with Gasteiger partial charge in [-0.25, -0.2) is 0 Å². The first-order valence-corrected chi connectivity index (χ1v) is 4.60. The summed E-state index contributed by atoms with van der Waals surface area (Å²) in [5, 5.41) is 3.78. The molecule has 0 atom stereocenters. The lowest BCUT2D eigenvalue weighted by molar-refractivity contribution is 0.0872. The van der Waals surface area contributed by atoms with Crippen LogP contribution >= 0.6 is 0 Å². The topological polar surface area (TPSA) is 21.6 Å². The highest BCUT2D eigenvalue weighted by Gasteiger charge is 2.01. The van der Waals surface area contributed by atoms with Gasteiger partial charge in [0, 0.05) is 0 Å². The van der Waals surface area contributed by atoms with Gasteiger partial charge in [-0.05, 0) is 45.1 Å². The second-order valence-corrected chi connectivity index (χ2v) is 3.33. The summed E-state index contributed by atoms with van der Waals surface area (Å²) in [5.74, 6) is 0. The molecule has 0 aliphatic heterocycles. The maximum absolute atomic E-state index is 5.02. The van der Waals surface area contributed by atoms with E-state index in [1.807, 2.05) is 13.8 Å². The summed E-state index contributed by atoms with van der Waals surface area (Å²) >= 11 is 0. The minimum absolute atomic E-state index is 0.154. The van der Waals surface area contributed by atoms with Crippen LogP contribution in [0.4, 0.5) is 0 Å². The van der Waals surface area contributed by atoms with E-state index in [0.29, 0.717) is 0 Å². The molecule has 1 aliphatic carbocycles. The molecule has 0 saturated carbocycles. The average Bonchev–Trinajstić information content (AvgIpc) is 2.05. The van der Waals surface area contributed by atoms with Gasteiger partial charge in [-0.15, -0.1) is 0 Å². The molecule has 0 saturated heterocycles. The van der Waals surface area contributed by atoms with E-state index in [1.54, 1.807) is 0 Å². The molecule has 0 spiro atoms. The van der Waals surface area contributed by atoms with Crippen molar-refractivity contribution in [2.45, 2.75) is 45.6 Å². The van der Waals surface area contributed by atoms with Crippen molar-refractivity contribution in [1.82, 2.24) is 0 Å². The molecule has 0 fully saturated rings. The molecule has 1 radical (unpaired) electrons. The first kappa shape index (κ1) is 9.30. The van der Waals surface area contributed by atoms with Crippen LogP contribution in [0.2, 0.25) is 0 Å². The highest BCUT2D eigenvalue weighted by Crippen LogP contribution is 2.15. The predicted octanol–water partition coefficient (Wildman–Crippen LogP) is 2.77. The van der Waals surface area contributed by atoms with Crippen molar-refractivity contribution in [2.75, 3.05) is 0 Å². The largest absolute Gasteiger partial charge is 0.393 e. The molecule has 0 aromatic rings. The van der Waals surface area contributed by atoms with Crippen LogP contribution in [-0.2, 0) is 4.84 Å². The third-order valence-corrected chi connectivity index (χ3v) is 1.74. The molecule has 2 heteroatoms. The first-order valence-electron chi connectivity index (χ1n) is 4.60. The molecule has 12 heavy (non-hydrogen) atoms. The summed E-state index contributed by atoms with van der Waals surface area (Å²) in [4.78, 5) is 5.02. The predicted molar refractivity (Wildman–Crippen MR) is 50.2 cm³/mol. The summed E-state index contributed by atoms with van der Waals surface area (Å²) in [6, 6.07) is 0. The van der Waals surface area contributed by atoms with Gasteiger partial charge in [0.25, 0.3) is 0 Å². The standard InChI is InChI=1S/C10H16NO/c1-9(2)12-11-8-10-6-4-3-5-7-10/h6,9H,3-5,7H2,1-2H3. The second kappa shape index (κ2) is 4.96. The summed E-state index contributed by atoms with van der Waals surface area (Å²) in [7, 11) is 0. The zero-order chi connectivity index (χ0) is 8.81. The van der Waals surface area contributed by atoms with Crippen LogP contribution in [0.5, 0.6) is 0 Å². The molecule has 0 N–H and O–H groups in total. The third kappa shape index (κ3) is 3.56. The number of rotatable bonds is 3. The van der Waals surface area contributed by atoms with Gasteiger partial charge in [-0.3, -0.25) is 0 Å². The van der Waals surface area contributed by atoms with Gasteiger partial charge in [0.1, 0.15) is 12.3 Å². The van der Waals surface area contributed by atoms with Gasteiger partial charge in [-0.2, -0.15) is 0 Å². The van der Waals surface area contributed by atoms with Crippen molar-refractivity contribution >= 4 is 6.21 Å². The molecule has 0 unspecified atom stereocenters. The Bertz CT molecular complexity index is 182. The van der Waals surface area contributed by atoms with Gasteiger partial charge in [0.15, 0.2) is 0 Å². The van der Waals surface area contributed by atoms with E-state index in [-0.39, 0.29) is 6.10 Å². The molecule has 0 heterocycles. The second-order valence-electron chi connectivity index (χ2n) is 3.33. The monoisotopic (exact) mass is 166 g/mol. The third-order valence-electron chi connectivity index (χ3n) is 1.74. The normalized spacial score (nSPS) is 18.4. The van der Waals surface area contributed by atoms with Crippen LogP contribution in [-0.4, -0.2) is 12.3 Å². The Labute approximate surface area is 74.3 Å². The fraction of sp³-hybridized carbons (Fsp3) is 0.700. The maximum atomic E-state index is 5.02. The van der Waals surface area contributed by atoms with E-state index in [9.17, 15) is 0 Å². The van der Waals surface area contributed by atoms with Crippen LogP contribution < -0.4 is 0 Å². The lowest BCUT2D eigenvalue weighted by atomic mass is 10.0. The molecule has 1 rings (SSSR count). The number of nitrogens with zero attached hydrogens (tertiary/aromatic N) is 1. The smallest absolute Gasteiger partial charge is 0.135 e. The van der Waals surface area contributed by atoms with Crippen LogP contribution in [0.3, 0.4) is 0 Å². The lowest BCUT2D eigenvalue weighted by Crippen LogP contribution is -1.98. The Morgan fingerprint density at radius 1 is 1.50 bits per heavy atom. The van der Waals surface area contributed by atoms with Gasteiger partial charge < -0.3 is 4.84 Å². The Balaban J connectivity index is 2.29. The lowest BCUT2D eigenvalue weighted by Gasteiger charge is -2.07. The molecule has 0 aromatic carbocycles. The highest BCUT2D eigenvalue weighted by atomic mass is 16.6. The number of hydrogen-bond donors (Lipinski definition) is 0. The van der Waals surface area contributed by atoms with Crippen molar-refractivity contribution < 1.29 is 4.84 Å². The zero-order valence-corrected chi connectivity index (χ0v) is 7.84. The quantitative estimate of drug-likeness (QED) is 0.466. The van der Waals surface area contributed by atoms with Gasteiger partial charge in [0.2, 0.25) is 0 Å². The van der Waals surface area contributed by atoms with Gasteiger partial charge in [-0.1, -0.05) is 11.2 Å². The van der Waals surface area contributed by atoms with E-state index >= 15 is 0 Å². The van der Waals surface area contributed by atoms with E-state index in [2.05, 4.69) is 17.4 Å². The summed E-state index contributed by atoms with van der Waals surface area (Å²) in [5.41, 5.74) is 1.20. The zero-order valence-electron chi connectivity index (χ0n) is 7.84. The molecule has 2 nitrogen and oxygen atoms in total. The van der Waals surface area contributed by atoms with Crippen molar-refractivity contribution in [2.24, 2.45) is 5.16 Å². The Hall–Kier alpha value is -0.790. The Kier molecular flexibility index (Phi) is 3.85. The molecular formula is C10H16NO. The maximum Gasteiger partial charge on any atom is 0.135 e. The Morgan fingerprint density at radius 3 is 2.92 bits per heavy atom. The Morgan fingerprint density at radius 2 is 2.33 bits per heavy atom. The fourth-order valence-corrected chi connectivity index (χ4v) is 1.13. The molecule has 0 bridgehead atoms. The number of allylic oxidation sites excluding steroid dienone is 2. The van der Waals surface area contributed by atoms with Gasteiger partial charge >= 0.3 is 0 Å². The minimum atomic E-state index is 0.154. The van der Waals surface area contributed by atoms with Crippen LogP contribution in [0.25, 0.3) is 0 Å². The van der Waals surface area contributed by atoms with Crippen molar-refractivity contribution in [3.05, 3.63) is 11.6 Å². The minimum Gasteiger partial charge on any atom is -0.393 e. The highest BCUT2D eigenvalue weighted by molar-refractivity contribution is 5.78. The molecule has 0 amide bonds. The van der Waals surface area contributed by atoms with Crippen LogP contribution in [0, 0.1) is 0 Å². The summed E-state index contributed by atoms with van der Waals surface area (Å²) in [6.07, 6.45) is 10.1. The van der Waals surface area contributed by atoms with E-state index in [1.165, 1.54) is 24.8 Å². The molecule has 0 aromatic heterocycles. The van der Waals surface area contributed by atoms with E-state index in [0.717, 1.165) is 6.42 Å². The average molecular weight is 166 g/mol. The van der Waals surface area contributed by atoms with Gasteiger partial charge in [0.05, 0.1) is 0 Å². The van der Waals surface area contributed by atoms with Crippen molar-refractivity contribution in [3.63, 3.8) is 0 Å². The summed E-state index contributed by atoms with van der Waals surface area (Å²) < 4.78 is 0. The fourth-order valence-electron chi connectivity index (χ4n) is 1.13. The van der Waals surface area contributed by atoms with E-state index in [4.69, 9.17) is 4.84 Å². The summed E-state index contributed by atoms with van der Waals surface area (Å²) in [6.45, 7) is 3.92. The van der Waals surface area contributed by atoms with Crippen LogP contribution in [0.1, 0.15) is 39.5 Å². The van der Waals surface area contributed by atoms with Crippen molar-refractivity contribution in [3.8, 4) is 0 Å². The SMILES string of the molecule is CC(C)O/N=[C]/C1=CCCCC1. The van der Waals surface area contributed by atoms with Crippen LogP contribution in [0.15, 0.2) is 16.8 Å². The first-order chi connectivity index (χ1) is 5.79. The van der Waals surface area contributed by atoms with E-state index < -0.39 is 0 Å². The number of hydrogen-bond acceptors (Lipinski definition) is 2. The van der Waals surface area contributed by atoms with Crippen molar-refractivity contribution in [1.29, 1.82) is 0 Å². The molecular weight excluding hydrogens is 150 g/mol. The molecule has 1 aliphatic rings. The molecule has 67 valence electrons.